The van der Waals surface area contributed by atoms with Gasteiger partial charge in [0.05, 0.1) is 33.3 Å². The number of nitrogens with two attached hydrogens (primary N) is 1. The van der Waals surface area contributed by atoms with Crippen LogP contribution in [0, 0.1) is 0 Å². The lowest BCUT2D eigenvalue weighted by atomic mass is 9.61. The van der Waals surface area contributed by atoms with Gasteiger partial charge in [0.1, 0.15) is 5.82 Å². The lowest BCUT2D eigenvalue weighted by molar-refractivity contribution is -0.263. The number of methoxy groups -OCH3 is 1. The number of hydrogen-bond donors (Lipinski definition) is 3. The first-order valence-corrected chi connectivity index (χ1v) is 10.8. The number of benzene rings is 1. The Labute approximate surface area is 214 Å². The number of halogens is 6. The lowest BCUT2D eigenvalue weighted by Crippen LogP contribution is -2.47. The van der Waals surface area contributed by atoms with Gasteiger partial charge in [0, 0.05) is 33.7 Å². The number of aromatic nitrogens is 2. The van der Waals surface area contributed by atoms with E-state index in [2.05, 4.69) is 25.8 Å². The summed E-state index contributed by atoms with van der Waals surface area (Å²) in [6.45, 7) is -1.46. The van der Waals surface area contributed by atoms with Crippen LogP contribution in [0.2, 0.25) is 0 Å². The fourth-order valence-corrected chi connectivity index (χ4v) is 2.81. The Hall–Kier alpha value is -2.45. The van der Waals surface area contributed by atoms with Crippen LogP contribution in [0.3, 0.4) is 0 Å². The van der Waals surface area contributed by atoms with Crippen LogP contribution in [0.5, 0.6) is 0 Å². The Kier molecular flexibility index (Phi) is 14.1. The van der Waals surface area contributed by atoms with E-state index >= 15 is 0 Å². The van der Waals surface area contributed by atoms with Gasteiger partial charge in [-0.3, -0.25) is 0 Å². The van der Waals surface area contributed by atoms with Gasteiger partial charge in [-0.2, -0.15) is 26.3 Å². The standard InChI is InChI=1S/C17H19B2F3N4O2.C2H6O.CHF3.CH5N/c1-15(2,17(20,21)22)28-6-5-13-24-11-4-3-10(7-12(11)25-13)8-26-14(27)23-9-16(26,18)19;1-3-2;2-1(3)4;1-2/h3-4,7H,5-6,8-9H2,1-2H3,(H,23,27)(H,24,25);1-2H3;1H;2H2,1H3. The van der Waals surface area contributed by atoms with Crippen molar-refractivity contribution >= 4 is 32.8 Å². The number of alkyl halides is 6. The van der Waals surface area contributed by atoms with Crippen molar-refractivity contribution in [2.45, 2.75) is 50.6 Å². The van der Waals surface area contributed by atoms with E-state index in [-0.39, 0.29) is 32.1 Å². The maximum atomic E-state index is 12.8. The highest BCUT2D eigenvalue weighted by molar-refractivity contribution is 6.41. The van der Waals surface area contributed by atoms with Crippen molar-refractivity contribution in [1.29, 1.82) is 0 Å². The first-order chi connectivity index (χ1) is 17.0. The minimum atomic E-state index is -4.45. The second-order valence-electron chi connectivity index (χ2n) is 8.03. The van der Waals surface area contributed by atoms with Gasteiger partial charge in [0.15, 0.2) is 5.60 Å². The molecule has 1 aliphatic rings. The Morgan fingerprint density at radius 3 is 2.19 bits per heavy atom. The lowest BCUT2D eigenvalue weighted by Gasteiger charge is -2.31. The maximum Gasteiger partial charge on any atom is 0.416 e. The van der Waals surface area contributed by atoms with Gasteiger partial charge in [-0.05, 0) is 43.9 Å². The summed E-state index contributed by atoms with van der Waals surface area (Å²) < 4.78 is 76.7. The van der Waals surface area contributed by atoms with Crippen molar-refractivity contribution in [3.8, 4) is 0 Å². The van der Waals surface area contributed by atoms with Crippen molar-refractivity contribution < 1.29 is 40.6 Å². The van der Waals surface area contributed by atoms with Crippen LogP contribution in [-0.2, 0) is 22.4 Å². The molecule has 4 N–H and O–H groups in total. The van der Waals surface area contributed by atoms with Crippen LogP contribution in [0.15, 0.2) is 18.2 Å². The molecular weight excluding hydrogens is 506 g/mol. The topological polar surface area (TPSA) is 106 Å². The number of hydrogen-bond acceptors (Lipinski definition) is 5. The normalized spacial score (nSPS) is 14.7. The van der Waals surface area contributed by atoms with Crippen LogP contribution in [-0.4, -0.2) is 94.8 Å². The van der Waals surface area contributed by atoms with Crippen molar-refractivity contribution in [2.24, 2.45) is 5.73 Å². The van der Waals surface area contributed by atoms with Crippen molar-refractivity contribution in [3.05, 3.63) is 29.6 Å². The molecular formula is C21H31B2F6N5O3. The third kappa shape index (κ3) is 11.2. The van der Waals surface area contributed by atoms with Gasteiger partial charge in [-0.15, -0.1) is 0 Å². The first kappa shape index (κ1) is 34.5. The fraction of sp³-hybridized carbons (Fsp3) is 0.619. The smallest absolute Gasteiger partial charge is 0.388 e. The average Bonchev–Trinajstić information content (AvgIpc) is 3.29. The number of carbonyl (C=O) groups excluding carboxylic acids is 1. The number of imidazole rings is 1. The number of aromatic amines is 1. The molecule has 8 nitrogen and oxygen atoms in total. The molecule has 37 heavy (non-hydrogen) atoms. The third-order valence-electron chi connectivity index (χ3n) is 4.69. The number of carbonyl (C=O) groups is 1. The van der Waals surface area contributed by atoms with E-state index in [0.29, 0.717) is 16.9 Å². The van der Waals surface area contributed by atoms with Gasteiger partial charge < -0.3 is 30.4 Å². The Bertz CT molecular complexity index is 958. The number of fused-ring (bicyclic) bond motifs is 1. The highest BCUT2D eigenvalue weighted by atomic mass is 19.4. The maximum absolute atomic E-state index is 12.8. The molecule has 0 bridgehead atoms. The van der Waals surface area contributed by atoms with E-state index in [0.717, 1.165) is 19.4 Å². The minimum absolute atomic E-state index is 0.129. The van der Waals surface area contributed by atoms with Gasteiger partial charge in [0.2, 0.25) is 0 Å². The van der Waals surface area contributed by atoms with E-state index in [9.17, 15) is 31.1 Å². The molecule has 2 aromatic rings. The number of ether oxygens (including phenoxy) is 2. The molecule has 4 radical (unpaired) electrons. The predicted molar refractivity (Wildman–Crippen MR) is 129 cm³/mol. The number of nitrogens with one attached hydrogen (secondary N) is 2. The average molecular weight is 537 g/mol. The van der Waals surface area contributed by atoms with Crippen LogP contribution in [0.25, 0.3) is 11.0 Å². The van der Waals surface area contributed by atoms with E-state index in [4.69, 9.17) is 20.4 Å². The predicted octanol–water partition coefficient (Wildman–Crippen LogP) is 2.99. The molecule has 0 saturated carbocycles. The Morgan fingerprint density at radius 2 is 1.73 bits per heavy atom. The molecule has 0 spiro atoms. The summed E-state index contributed by atoms with van der Waals surface area (Å²) in [5, 5.41) is 1.32. The van der Waals surface area contributed by atoms with Crippen molar-refractivity contribution in [3.63, 3.8) is 0 Å². The van der Waals surface area contributed by atoms with E-state index < -0.39 is 23.8 Å². The zero-order valence-corrected chi connectivity index (χ0v) is 21.3. The largest absolute Gasteiger partial charge is 0.416 e. The Balaban J connectivity index is 0.00000126. The van der Waals surface area contributed by atoms with Gasteiger partial charge in [0.25, 0.3) is 0 Å². The zero-order valence-electron chi connectivity index (χ0n) is 21.3. The molecule has 1 aliphatic heterocycles. The molecule has 0 unspecified atom stereocenters. The SMILES string of the molecule is CN.COC.FC(F)F.[B]C1([B])CNC(=O)N1Cc1ccc2nc(CCOC(C)(C)C(F)(F)F)[nH]c2c1. The zero-order chi connectivity index (χ0) is 29.0. The summed E-state index contributed by atoms with van der Waals surface area (Å²) >= 11 is 0. The molecule has 1 aromatic heterocycles. The summed E-state index contributed by atoms with van der Waals surface area (Å²) in [6, 6.07) is 5.00. The second-order valence-corrected chi connectivity index (χ2v) is 8.03. The van der Waals surface area contributed by atoms with Crippen LogP contribution >= 0.6 is 0 Å². The van der Waals surface area contributed by atoms with Crippen LogP contribution in [0.1, 0.15) is 25.2 Å². The van der Waals surface area contributed by atoms with Gasteiger partial charge in [-0.1, -0.05) is 6.07 Å². The number of urea groups is 1. The van der Waals surface area contributed by atoms with Crippen molar-refractivity contribution in [1.82, 2.24) is 20.2 Å². The number of rotatable bonds is 6. The summed E-state index contributed by atoms with van der Waals surface area (Å²) in [5.41, 5.74) is 4.42. The summed E-state index contributed by atoms with van der Waals surface area (Å²) in [6.07, 6.45) is -4.24. The summed E-state index contributed by atoms with van der Waals surface area (Å²) in [4.78, 5) is 20.6. The molecule has 3 rings (SSSR count). The molecule has 2 amide bonds. The molecule has 0 aliphatic carbocycles. The van der Waals surface area contributed by atoms with Gasteiger partial charge >= 0.3 is 18.9 Å². The quantitative estimate of drug-likeness (QED) is 0.389. The summed E-state index contributed by atoms with van der Waals surface area (Å²) in [7, 11) is 16.6. The molecule has 16 heteroatoms. The minimum Gasteiger partial charge on any atom is -0.388 e. The first-order valence-electron chi connectivity index (χ1n) is 10.8. The van der Waals surface area contributed by atoms with E-state index in [1.165, 1.54) is 11.9 Å². The third-order valence-corrected chi connectivity index (χ3v) is 4.69. The highest BCUT2D eigenvalue weighted by Gasteiger charge is 2.48. The van der Waals surface area contributed by atoms with Crippen LogP contribution in [0.4, 0.5) is 31.1 Å². The highest BCUT2D eigenvalue weighted by Crippen LogP contribution is 2.32. The van der Waals surface area contributed by atoms with Gasteiger partial charge in [-0.25, -0.2) is 9.78 Å². The molecule has 206 valence electrons. The molecule has 1 aromatic carbocycles. The Morgan fingerprint density at radius 1 is 1.19 bits per heavy atom. The molecule has 1 saturated heterocycles. The molecule has 1 fully saturated rings. The fourth-order valence-electron chi connectivity index (χ4n) is 2.81. The van der Waals surface area contributed by atoms with Crippen molar-refractivity contribution in [2.75, 3.05) is 34.4 Å². The van der Waals surface area contributed by atoms with Crippen LogP contribution < -0.4 is 11.1 Å². The molecule has 0 atom stereocenters. The second kappa shape index (κ2) is 15.1. The van der Waals surface area contributed by atoms with E-state index in [1.54, 1.807) is 32.4 Å². The number of nitrogens with zero attached hydrogens (tertiary/aromatic N) is 2. The monoisotopic (exact) mass is 537 g/mol. The summed E-state index contributed by atoms with van der Waals surface area (Å²) in [5.74, 6) is 0.510. The van der Waals surface area contributed by atoms with E-state index in [1.807, 2.05) is 0 Å². The number of H-pyrrole nitrogens is 1. The number of amides is 2. The molecule has 2 heterocycles.